The van der Waals surface area contributed by atoms with Crippen molar-refractivity contribution < 1.29 is 52.6 Å². The van der Waals surface area contributed by atoms with E-state index in [1.54, 1.807) is 0 Å². The van der Waals surface area contributed by atoms with Crippen LogP contribution in [0.3, 0.4) is 0 Å². The van der Waals surface area contributed by atoms with E-state index < -0.39 is 31.2 Å². The molecule has 0 aromatic carbocycles. The fourth-order valence-corrected chi connectivity index (χ4v) is 0.552. The summed E-state index contributed by atoms with van der Waals surface area (Å²) in [5.74, 6) is 0. The Hall–Kier alpha value is -0.510. The first-order valence-electron chi connectivity index (χ1n) is 5.51. The molecule has 0 aliphatic carbocycles. The summed E-state index contributed by atoms with van der Waals surface area (Å²) in [5, 5.41) is 9.39. The summed E-state index contributed by atoms with van der Waals surface area (Å²) in [6.45, 7) is 4.20. The fraction of sp³-hybridized carbons (Fsp3) is 1.00. The van der Waals surface area contributed by atoms with Crippen LogP contribution in [0.5, 0.6) is 0 Å². The van der Waals surface area contributed by atoms with Gasteiger partial charge in [0, 0.05) is 26.2 Å². The second kappa shape index (κ2) is 17.3. The molecule has 18 heteroatoms. The Kier molecular flexibility index (Phi) is 22.6. The highest BCUT2D eigenvalue weighted by atomic mass is 32.3. The molecule has 0 atom stereocenters. The van der Waals surface area contributed by atoms with Gasteiger partial charge in [-0.3, -0.25) is 27.3 Å². The van der Waals surface area contributed by atoms with Gasteiger partial charge in [0.2, 0.25) is 0 Å². The minimum atomic E-state index is -4.67. The van der Waals surface area contributed by atoms with Gasteiger partial charge in [-0.05, 0) is 14.1 Å². The number of hydrogen-bond acceptors (Lipinski definition) is 9. The van der Waals surface area contributed by atoms with Gasteiger partial charge in [0.15, 0.2) is 0 Å². The molecule has 0 rings (SSSR count). The maximum atomic E-state index is 8.74. The highest BCUT2D eigenvalue weighted by Gasteiger charge is 1.85. The predicted octanol–water partition coefficient (Wildman–Crippen LogP) is -2.94. The second-order valence-electron chi connectivity index (χ2n) is 3.30. The predicted molar refractivity (Wildman–Crippen MR) is 83.3 cm³/mol. The van der Waals surface area contributed by atoms with Crippen molar-refractivity contribution in [2.75, 3.05) is 40.3 Å². The zero-order valence-corrected chi connectivity index (χ0v) is 15.1. The average molecular weight is 425 g/mol. The van der Waals surface area contributed by atoms with E-state index in [-0.39, 0.29) is 0 Å². The Morgan fingerprint density at radius 1 is 0.542 bits per heavy atom. The molecule has 0 bridgehead atoms. The molecule has 0 heterocycles. The van der Waals surface area contributed by atoms with Crippen LogP contribution in [0.25, 0.3) is 0 Å². The molecule has 0 fully saturated rings. The minimum absolute atomic E-state index is 1.05. The van der Waals surface area contributed by atoms with Crippen LogP contribution in [-0.2, 0) is 31.2 Å². The lowest BCUT2D eigenvalue weighted by Gasteiger charge is -2.01. The molecule has 152 valence electrons. The highest BCUT2D eigenvalue weighted by molar-refractivity contribution is 7.80. The summed E-state index contributed by atoms with van der Waals surface area (Å²) in [5.41, 5.74) is 0. The first-order chi connectivity index (χ1) is 10.4. The molecule has 0 saturated heterocycles. The van der Waals surface area contributed by atoms with Crippen molar-refractivity contribution in [1.29, 1.82) is 0 Å². The van der Waals surface area contributed by atoms with Crippen LogP contribution in [0.1, 0.15) is 0 Å². The zero-order chi connectivity index (χ0) is 20.4. The van der Waals surface area contributed by atoms with Crippen molar-refractivity contribution in [1.82, 2.24) is 16.0 Å². The number of likely N-dealkylation sites (N-methyl/N-ethyl adjacent to an activating group) is 2. The summed E-state index contributed by atoms with van der Waals surface area (Å²) in [6, 6.07) is 0. The lowest BCUT2D eigenvalue weighted by Crippen LogP contribution is -2.30. The average Bonchev–Trinajstić information content (AvgIpc) is 2.22. The molecule has 0 aliphatic rings. The van der Waals surface area contributed by atoms with Crippen LogP contribution >= 0.6 is 0 Å². The second-order valence-corrected chi connectivity index (χ2v) is 5.99. The van der Waals surface area contributed by atoms with Gasteiger partial charge in [-0.2, -0.15) is 25.3 Å². The Morgan fingerprint density at radius 3 is 0.833 bits per heavy atom. The van der Waals surface area contributed by atoms with E-state index in [9.17, 15) is 0 Å². The van der Waals surface area contributed by atoms with Crippen molar-refractivity contribution >= 4 is 31.2 Å². The van der Waals surface area contributed by atoms with Gasteiger partial charge >= 0.3 is 31.2 Å². The zero-order valence-electron chi connectivity index (χ0n) is 12.7. The fourth-order valence-electron chi connectivity index (χ4n) is 0.552. The van der Waals surface area contributed by atoms with Crippen LogP contribution in [0.2, 0.25) is 0 Å². The number of rotatable bonds is 6. The van der Waals surface area contributed by atoms with E-state index in [2.05, 4.69) is 16.0 Å². The summed E-state index contributed by atoms with van der Waals surface area (Å²) in [4.78, 5) is 0. The molecule has 0 unspecified atom stereocenters. The van der Waals surface area contributed by atoms with Crippen molar-refractivity contribution in [3.05, 3.63) is 0 Å². The third-order valence-electron chi connectivity index (χ3n) is 1.10. The van der Waals surface area contributed by atoms with Gasteiger partial charge in [-0.15, -0.1) is 0 Å². The molecule has 0 saturated carbocycles. The van der Waals surface area contributed by atoms with E-state index in [0.29, 0.717) is 0 Å². The monoisotopic (exact) mass is 425 g/mol. The molecule has 0 aromatic heterocycles. The van der Waals surface area contributed by atoms with Crippen LogP contribution < -0.4 is 16.0 Å². The van der Waals surface area contributed by atoms with Gasteiger partial charge in [-0.1, -0.05) is 0 Å². The minimum Gasteiger partial charge on any atom is -0.318 e. The van der Waals surface area contributed by atoms with E-state index in [1.807, 2.05) is 14.1 Å². The van der Waals surface area contributed by atoms with Gasteiger partial charge < -0.3 is 16.0 Å². The van der Waals surface area contributed by atoms with Crippen LogP contribution in [0, 0.1) is 0 Å². The van der Waals surface area contributed by atoms with Crippen molar-refractivity contribution in [3.63, 3.8) is 0 Å². The third kappa shape index (κ3) is 299. The van der Waals surface area contributed by atoms with Gasteiger partial charge in [0.1, 0.15) is 0 Å². The molecule has 0 aromatic rings. The van der Waals surface area contributed by atoms with E-state index in [4.69, 9.17) is 52.6 Å². The van der Waals surface area contributed by atoms with Crippen LogP contribution in [0.15, 0.2) is 0 Å². The molecule has 0 radical (unpaired) electrons. The maximum absolute atomic E-state index is 8.74. The van der Waals surface area contributed by atoms with Gasteiger partial charge in [0.25, 0.3) is 0 Å². The third-order valence-corrected chi connectivity index (χ3v) is 1.10. The van der Waals surface area contributed by atoms with Crippen molar-refractivity contribution in [2.24, 2.45) is 0 Å². The van der Waals surface area contributed by atoms with E-state index >= 15 is 0 Å². The molecule has 9 N–H and O–H groups in total. The first-order valence-corrected chi connectivity index (χ1v) is 9.70. The van der Waals surface area contributed by atoms with E-state index in [0.717, 1.165) is 26.2 Å². The maximum Gasteiger partial charge on any atom is 0.394 e. The molecular formula is C6H23N3O12S3. The molecule has 24 heavy (non-hydrogen) atoms. The standard InChI is InChI=1S/C6H17N3.3H2O4S/c1-7-3-5-9-6-4-8-2;3*1-5(2,3)4/h7-9H,3-6H2,1-2H3;3*(H2,1,2,3,4). The first kappa shape index (κ1) is 31.3. The molecule has 0 spiro atoms. The highest BCUT2D eigenvalue weighted by Crippen LogP contribution is 1.60. The summed E-state index contributed by atoms with van der Waals surface area (Å²) >= 11 is 0. The quantitative estimate of drug-likeness (QED) is 0.152. The SMILES string of the molecule is CNCCNCCNC.O=S(=O)(O)O.O=S(=O)(O)O.O=S(=O)(O)O. The summed E-state index contributed by atoms with van der Waals surface area (Å²) in [7, 11) is -10.1. The van der Waals surface area contributed by atoms with Crippen LogP contribution in [0.4, 0.5) is 0 Å². The largest absolute Gasteiger partial charge is 0.394 e. The Bertz CT molecular complexity index is 456. The number of nitrogens with one attached hydrogen (secondary N) is 3. The Labute approximate surface area is 140 Å². The van der Waals surface area contributed by atoms with E-state index in [1.165, 1.54) is 0 Å². The lowest BCUT2D eigenvalue weighted by atomic mass is 10.5. The lowest BCUT2D eigenvalue weighted by molar-refractivity contribution is 0.378. The smallest absolute Gasteiger partial charge is 0.318 e. The molecular weight excluding hydrogens is 402 g/mol. The molecule has 0 aliphatic heterocycles. The topological polar surface area (TPSA) is 260 Å². The van der Waals surface area contributed by atoms with Crippen molar-refractivity contribution in [3.8, 4) is 0 Å². The van der Waals surface area contributed by atoms with Crippen LogP contribution in [-0.4, -0.2) is 92.8 Å². The molecule has 0 amide bonds. The summed E-state index contributed by atoms with van der Waals surface area (Å²) in [6.07, 6.45) is 0. The number of hydrogen-bond donors (Lipinski definition) is 9. The Morgan fingerprint density at radius 2 is 0.708 bits per heavy atom. The van der Waals surface area contributed by atoms with Gasteiger partial charge in [-0.25, -0.2) is 0 Å². The van der Waals surface area contributed by atoms with Gasteiger partial charge in [0.05, 0.1) is 0 Å². The van der Waals surface area contributed by atoms with Crippen molar-refractivity contribution in [2.45, 2.75) is 0 Å². The summed E-state index contributed by atoms with van der Waals surface area (Å²) < 4.78 is 94.8. The molecule has 15 nitrogen and oxygen atoms in total. The normalized spacial score (nSPS) is 11.0. The Balaban J connectivity index is -0.000000116.